The van der Waals surface area contributed by atoms with Crippen LogP contribution < -0.4 is 0 Å². The van der Waals surface area contributed by atoms with E-state index in [4.69, 9.17) is 23.2 Å². The van der Waals surface area contributed by atoms with Crippen molar-refractivity contribution in [1.82, 2.24) is 4.81 Å². The van der Waals surface area contributed by atoms with E-state index in [-0.39, 0.29) is 5.78 Å². The lowest BCUT2D eigenvalue weighted by atomic mass is 9.94. The highest BCUT2D eigenvalue weighted by molar-refractivity contribution is 6.38. The summed E-state index contributed by atoms with van der Waals surface area (Å²) in [5, 5.41) is 1.18. The van der Waals surface area contributed by atoms with E-state index in [0.29, 0.717) is 33.3 Å². The molecule has 0 heterocycles. The third kappa shape index (κ3) is 4.84. The van der Waals surface area contributed by atoms with Gasteiger partial charge in [0.05, 0.1) is 0 Å². The Morgan fingerprint density at radius 1 is 1.17 bits per heavy atom. The molecule has 5 heteroatoms. The minimum atomic E-state index is -0.119. The molecule has 2 rings (SSSR count). The Labute approximate surface area is 153 Å². The van der Waals surface area contributed by atoms with E-state index in [9.17, 15) is 4.79 Å². The molecular formula is C19H18BCl2NO. The highest BCUT2D eigenvalue weighted by Crippen LogP contribution is 2.28. The van der Waals surface area contributed by atoms with Crippen LogP contribution in [0.1, 0.15) is 11.1 Å². The second kappa shape index (κ2) is 8.34. The molecule has 2 aromatic rings. The zero-order chi connectivity index (χ0) is 17.7. The SMILES string of the molecule is BN(C)CC(=C)C(=O)/C(=C/c1ccc(Cl)cc1)c1ccccc1Cl. The summed E-state index contributed by atoms with van der Waals surface area (Å²) in [4.78, 5) is 14.8. The van der Waals surface area contributed by atoms with Crippen LogP contribution in [0.4, 0.5) is 0 Å². The highest BCUT2D eigenvalue weighted by atomic mass is 35.5. The van der Waals surface area contributed by atoms with Crippen LogP contribution in [-0.4, -0.2) is 32.2 Å². The molecule has 122 valence electrons. The number of benzene rings is 2. The van der Waals surface area contributed by atoms with E-state index < -0.39 is 0 Å². The molecule has 0 N–H and O–H groups in total. The number of ketones is 1. The number of hydrogen-bond donors (Lipinski definition) is 0. The molecule has 0 amide bonds. The van der Waals surface area contributed by atoms with Crippen LogP contribution in [0.5, 0.6) is 0 Å². The smallest absolute Gasteiger partial charge is 0.190 e. The predicted octanol–water partition coefficient (Wildman–Crippen LogP) is 4.14. The lowest BCUT2D eigenvalue weighted by molar-refractivity contribution is -0.110. The predicted molar refractivity (Wildman–Crippen MR) is 106 cm³/mol. The maximum Gasteiger partial charge on any atom is 0.190 e. The first-order valence-electron chi connectivity index (χ1n) is 7.48. The quantitative estimate of drug-likeness (QED) is 0.440. The van der Waals surface area contributed by atoms with E-state index in [1.165, 1.54) is 0 Å². The number of nitrogens with zero attached hydrogens (tertiary/aromatic N) is 1. The number of rotatable bonds is 6. The fourth-order valence-corrected chi connectivity index (χ4v) is 2.68. The van der Waals surface area contributed by atoms with Crippen LogP contribution >= 0.6 is 23.2 Å². The van der Waals surface area contributed by atoms with Gasteiger partial charge in [-0.1, -0.05) is 60.1 Å². The zero-order valence-electron chi connectivity index (χ0n) is 13.7. The number of hydrogen-bond acceptors (Lipinski definition) is 2. The zero-order valence-corrected chi connectivity index (χ0v) is 15.2. The Morgan fingerprint density at radius 2 is 1.79 bits per heavy atom. The molecule has 0 aliphatic heterocycles. The van der Waals surface area contributed by atoms with Crippen molar-refractivity contribution in [3.8, 4) is 0 Å². The number of halogens is 2. The first-order valence-corrected chi connectivity index (χ1v) is 8.23. The van der Waals surface area contributed by atoms with Gasteiger partial charge in [0.15, 0.2) is 13.8 Å². The Balaban J connectivity index is 2.49. The van der Waals surface area contributed by atoms with Gasteiger partial charge in [-0.15, -0.1) is 0 Å². The molecule has 0 saturated heterocycles. The minimum absolute atomic E-state index is 0.119. The Hall–Kier alpha value is -1.81. The fraction of sp³-hybridized carbons (Fsp3) is 0.105. The van der Waals surface area contributed by atoms with Gasteiger partial charge in [-0.25, -0.2) is 0 Å². The van der Waals surface area contributed by atoms with Gasteiger partial charge in [0.1, 0.15) is 0 Å². The number of allylic oxidation sites excluding steroid dienone is 1. The van der Waals surface area contributed by atoms with E-state index in [0.717, 1.165) is 5.56 Å². The first-order chi connectivity index (χ1) is 11.4. The summed E-state index contributed by atoms with van der Waals surface area (Å²) >= 11 is 12.2. The minimum Gasteiger partial charge on any atom is -0.348 e. The molecule has 24 heavy (non-hydrogen) atoms. The third-order valence-corrected chi connectivity index (χ3v) is 4.00. The molecular weight excluding hydrogens is 340 g/mol. The molecule has 2 nitrogen and oxygen atoms in total. The van der Waals surface area contributed by atoms with E-state index in [1.807, 2.05) is 56.2 Å². The summed E-state index contributed by atoms with van der Waals surface area (Å²) in [6.07, 6.45) is 1.82. The normalized spacial score (nSPS) is 11.6. The molecule has 0 atom stereocenters. The van der Waals surface area contributed by atoms with Gasteiger partial charge in [-0.3, -0.25) is 4.79 Å². The van der Waals surface area contributed by atoms with Crippen LogP contribution in [-0.2, 0) is 4.79 Å². The van der Waals surface area contributed by atoms with Gasteiger partial charge < -0.3 is 4.81 Å². The van der Waals surface area contributed by atoms with Crippen molar-refractivity contribution in [3.63, 3.8) is 0 Å². The molecule has 0 spiro atoms. The summed E-state index contributed by atoms with van der Waals surface area (Å²) in [7, 11) is 3.80. The van der Waals surface area contributed by atoms with Crippen molar-refractivity contribution in [2.45, 2.75) is 0 Å². The number of likely N-dealkylation sites (N-methyl/N-ethyl adjacent to an activating group) is 1. The Kier molecular flexibility index (Phi) is 6.44. The lowest BCUT2D eigenvalue weighted by Gasteiger charge is -2.15. The topological polar surface area (TPSA) is 20.3 Å². The van der Waals surface area contributed by atoms with Crippen LogP contribution in [0.25, 0.3) is 11.6 Å². The molecule has 0 saturated carbocycles. The van der Waals surface area contributed by atoms with Gasteiger partial charge in [-0.2, -0.15) is 0 Å². The standard InChI is InChI=1S/C19H18BCl2NO/c1-13(12-23(2)20)19(24)17(16-5-3-4-6-18(16)22)11-14-7-9-15(21)10-8-14/h3-11H,1,12,20H2,2H3/b17-11+. The average Bonchev–Trinajstić information content (AvgIpc) is 2.54. The average molecular weight is 358 g/mol. The summed E-state index contributed by atoms with van der Waals surface area (Å²) < 4.78 is 0. The van der Waals surface area contributed by atoms with Crippen molar-refractivity contribution in [1.29, 1.82) is 0 Å². The van der Waals surface area contributed by atoms with Crippen LogP contribution in [0, 0.1) is 0 Å². The third-order valence-electron chi connectivity index (χ3n) is 3.42. The molecule has 0 bridgehead atoms. The lowest BCUT2D eigenvalue weighted by Crippen LogP contribution is -2.21. The van der Waals surface area contributed by atoms with Gasteiger partial charge in [0.2, 0.25) is 0 Å². The van der Waals surface area contributed by atoms with Crippen LogP contribution in [0.2, 0.25) is 10.0 Å². The molecule has 0 unspecified atom stereocenters. The summed E-state index contributed by atoms with van der Waals surface area (Å²) in [6, 6.07) is 14.6. The molecule has 0 radical (unpaired) electrons. The van der Waals surface area contributed by atoms with E-state index in [2.05, 4.69) is 6.58 Å². The molecule has 0 aliphatic carbocycles. The number of carbonyl (C=O) groups is 1. The summed E-state index contributed by atoms with van der Waals surface area (Å²) in [5.74, 6) is -0.119. The number of Topliss-reactive ketones (excluding diaryl/α,β-unsaturated/α-hetero) is 1. The summed E-state index contributed by atoms with van der Waals surface area (Å²) in [5.41, 5.74) is 2.61. The van der Waals surface area contributed by atoms with Crippen molar-refractivity contribution < 1.29 is 4.79 Å². The van der Waals surface area contributed by atoms with Crippen LogP contribution in [0.3, 0.4) is 0 Å². The van der Waals surface area contributed by atoms with Crippen LogP contribution in [0.15, 0.2) is 60.7 Å². The van der Waals surface area contributed by atoms with Gasteiger partial charge in [-0.05, 0) is 36.9 Å². The molecule has 0 fully saturated rings. The van der Waals surface area contributed by atoms with Gasteiger partial charge in [0, 0.05) is 33.3 Å². The maximum absolute atomic E-state index is 12.9. The maximum atomic E-state index is 12.9. The number of carbonyl (C=O) groups excluding carboxylic acids is 1. The second-order valence-electron chi connectivity index (χ2n) is 5.76. The molecule has 0 aliphatic rings. The molecule has 0 aromatic heterocycles. The largest absolute Gasteiger partial charge is 0.348 e. The Morgan fingerprint density at radius 3 is 2.38 bits per heavy atom. The van der Waals surface area contributed by atoms with E-state index in [1.54, 1.807) is 18.2 Å². The van der Waals surface area contributed by atoms with Crippen molar-refractivity contribution in [2.24, 2.45) is 0 Å². The Bertz CT molecular complexity index is 782. The monoisotopic (exact) mass is 357 g/mol. The fourth-order valence-electron chi connectivity index (χ4n) is 2.31. The van der Waals surface area contributed by atoms with Crippen molar-refractivity contribution in [3.05, 3.63) is 81.9 Å². The van der Waals surface area contributed by atoms with Gasteiger partial charge in [0.25, 0.3) is 0 Å². The first kappa shape index (κ1) is 18.5. The highest BCUT2D eigenvalue weighted by Gasteiger charge is 2.18. The van der Waals surface area contributed by atoms with Crippen molar-refractivity contribution >= 4 is 48.6 Å². The van der Waals surface area contributed by atoms with Gasteiger partial charge >= 0.3 is 0 Å². The summed E-state index contributed by atoms with van der Waals surface area (Å²) in [6.45, 7) is 4.42. The van der Waals surface area contributed by atoms with Crippen molar-refractivity contribution in [2.75, 3.05) is 13.6 Å². The van der Waals surface area contributed by atoms with E-state index >= 15 is 0 Å². The molecule has 2 aromatic carbocycles. The second-order valence-corrected chi connectivity index (χ2v) is 6.60.